The lowest BCUT2D eigenvalue weighted by Gasteiger charge is -2.37. The van der Waals surface area contributed by atoms with E-state index in [0.29, 0.717) is 32.7 Å². The first-order valence-corrected chi connectivity index (χ1v) is 9.42. The van der Waals surface area contributed by atoms with Crippen molar-refractivity contribution in [3.05, 3.63) is 60.7 Å². The molecule has 2 aromatic rings. The fourth-order valence-electron chi connectivity index (χ4n) is 3.11. The maximum absolute atomic E-state index is 13.3. The molecule has 0 bridgehead atoms. The molecule has 0 radical (unpaired) electrons. The van der Waals surface area contributed by atoms with Gasteiger partial charge in [0.05, 0.1) is 11.4 Å². The third-order valence-corrected chi connectivity index (χ3v) is 4.58. The van der Waals surface area contributed by atoms with Crippen molar-refractivity contribution in [3.63, 3.8) is 0 Å². The number of carbonyl (C=O) groups excluding carboxylic acids is 2. The Balaban J connectivity index is 1.72. The number of hydrogen-bond acceptors (Lipinski definition) is 2. The van der Waals surface area contributed by atoms with E-state index >= 15 is 0 Å². The largest absolute Gasteiger partial charge is 0.338 e. The first-order valence-electron chi connectivity index (χ1n) is 9.42. The Kier molecular flexibility index (Phi) is 6.30. The molecule has 6 nitrogen and oxygen atoms in total. The molecular weight excluding hydrogens is 340 g/mol. The topological polar surface area (TPSA) is 55.9 Å². The molecule has 1 fully saturated rings. The molecule has 1 heterocycles. The van der Waals surface area contributed by atoms with Gasteiger partial charge in [-0.25, -0.2) is 9.59 Å². The summed E-state index contributed by atoms with van der Waals surface area (Å²) in [5, 5.41) is 2.89. The smallest absolute Gasteiger partial charge is 0.329 e. The number of carbonyl (C=O) groups is 2. The molecule has 0 aromatic heterocycles. The predicted octanol–water partition coefficient (Wildman–Crippen LogP) is 3.68. The van der Waals surface area contributed by atoms with Crippen molar-refractivity contribution >= 4 is 23.4 Å². The number of benzene rings is 2. The summed E-state index contributed by atoms with van der Waals surface area (Å²) in [5.74, 6) is 0. The van der Waals surface area contributed by atoms with Gasteiger partial charge in [0.25, 0.3) is 0 Å². The molecule has 2 aromatic carbocycles. The first-order chi connectivity index (χ1) is 13.2. The van der Waals surface area contributed by atoms with Gasteiger partial charge in [0.15, 0.2) is 0 Å². The number of para-hydroxylation sites is 2. The fraction of sp³-hybridized carbons (Fsp3) is 0.333. The predicted molar refractivity (Wildman–Crippen MR) is 107 cm³/mol. The van der Waals surface area contributed by atoms with Gasteiger partial charge < -0.3 is 15.1 Å². The average molecular weight is 366 g/mol. The second-order valence-electron chi connectivity index (χ2n) is 6.50. The maximum Gasteiger partial charge on any atom is 0.329 e. The molecule has 142 valence electrons. The van der Waals surface area contributed by atoms with Crippen LogP contribution in [0.5, 0.6) is 0 Å². The molecule has 27 heavy (non-hydrogen) atoms. The van der Waals surface area contributed by atoms with Crippen LogP contribution in [0.15, 0.2) is 60.7 Å². The van der Waals surface area contributed by atoms with Crippen molar-refractivity contribution in [3.8, 4) is 0 Å². The van der Waals surface area contributed by atoms with Gasteiger partial charge in [0, 0.05) is 32.7 Å². The minimum absolute atomic E-state index is 0.0491. The van der Waals surface area contributed by atoms with Crippen LogP contribution in [0.3, 0.4) is 0 Å². The average Bonchev–Trinajstić information content (AvgIpc) is 2.74. The summed E-state index contributed by atoms with van der Waals surface area (Å²) in [5.41, 5.74) is 1.66. The van der Waals surface area contributed by atoms with Crippen LogP contribution in [0, 0.1) is 0 Å². The van der Waals surface area contributed by atoms with Crippen LogP contribution in [-0.4, -0.2) is 54.6 Å². The number of nitrogens with one attached hydrogen (secondary N) is 1. The van der Waals surface area contributed by atoms with Gasteiger partial charge in [-0.15, -0.1) is 0 Å². The number of urea groups is 2. The lowest BCUT2D eigenvalue weighted by atomic mass is 10.2. The summed E-state index contributed by atoms with van der Waals surface area (Å²) in [6.45, 7) is 4.83. The van der Waals surface area contributed by atoms with Crippen LogP contribution in [0.1, 0.15) is 13.3 Å². The van der Waals surface area contributed by atoms with Crippen molar-refractivity contribution in [1.29, 1.82) is 0 Å². The number of hydrogen-bond donors (Lipinski definition) is 1. The minimum atomic E-state index is -0.0685. The van der Waals surface area contributed by atoms with E-state index in [-0.39, 0.29) is 12.1 Å². The van der Waals surface area contributed by atoms with E-state index in [9.17, 15) is 9.59 Å². The van der Waals surface area contributed by atoms with Gasteiger partial charge in [0.1, 0.15) is 0 Å². The lowest BCUT2D eigenvalue weighted by molar-refractivity contribution is 0.147. The van der Waals surface area contributed by atoms with Crippen molar-refractivity contribution in [2.24, 2.45) is 0 Å². The SMILES string of the molecule is CCCNC(=O)N1CCN(C(=O)N(c2ccccc2)c2ccccc2)CC1. The van der Waals surface area contributed by atoms with Gasteiger partial charge in [-0.2, -0.15) is 0 Å². The van der Waals surface area contributed by atoms with Crippen LogP contribution < -0.4 is 10.2 Å². The summed E-state index contributed by atoms with van der Waals surface area (Å²) >= 11 is 0. The molecule has 1 aliphatic rings. The Bertz CT molecular complexity index is 704. The molecule has 3 rings (SSSR count). The highest BCUT2D eigenvalue weighted by molar-refractivity contribution is 5.99. The minimum Gasteiger partial charge on any atom is -0.338 e. The molecule has 1 aliphatic heterocycles. The summed E-state index contributed by atoms with van der Waals surface area (Å²) in [7, 11) is 0. The summed E-state index contributed by atoms with van der Waals surface area (Å²) in [6, 6.07) is 19.2. The van der Waals surface area contributed by atoms with Gasteiger partial charge >= 0.3 is 12.1 Å². The Morgan fingerprint density at radius 2 is 1.33 bits per heavy atom. The highest BCUT2D eigenvalue weighted by Crippen LogP contribution is 2.26. The molecule has 6 heteroatoms. The van der Waals surface area contributed by atoms with Crippen molar-refractivity contribution in [1.82, 2.24) is 15.1 Å². The standard InChI is InChI=1S/C21H26N4O2/c1-2-13-22-20(26)23-14-16-24(17-15-23)21(27)25(18-9-5-3-6-10-18)19-11-7-4-8-12-19/h3-12H,2,13-17H2,1H3,(H,22,26). The van der Waals surface area contributed by atoms with Gasteiger partial charge in [0.2, 0.25) is 0 Å². The number of amides is 4. The third-order valence-electron chi connectivity index (χ3n) is 4.58. The van der Waals surface area contributed by atoms with E-state index in [0.717, 1.165) is 17.8 Å². The molecule has 0 unspecified atom stereocenters. The lowest BCUT2D eigenvalue weighted by Crippen LogP contribution is -2.55. The molecule has 0 saturated carbocycles. The molecule has 0 aliphatic carbocycles. The Labute approximate surface area is 160 Å². The van der Waals surface area contributed by atoms with Crippen LogP contribution >= 0.6 is 0 Å². The summed E-state index contributed by atoms with van der Waals surface area (Å²) < 4.78 is 0. The van der Waals surface area contributed by atoms with Crippen LogP contribution in [-0.2, 0) is 0 Å². The van der Waals surface area contributed by atoms with E-state index in [4.69, 9.17) is 0 Å². The second kappa shape index (κ2) is 9.07. The molecular formula is C21H26N4O2. The van der Waals surface area contributed by atoms with E-state index < -0.39 is 0 Å². The van der Waals surface area contributed by atoms with Gasteiger partial charge in [-0.1, -0.05) is 43.3 Å². The van der Waals surface area contributed by atoms with Crippen molar-refractivity contribution in [2.75, 3.05) is 37.6 Å². The Morgan fingerprint density at radius 1 is 0.852 bits per heavy atom. The highest BCUT2D eigenvalue weighted by Gasteiger charge is 2.28. The fourth-order valence-corrected chi connectivity index (χ4v) is 3.11. The molecule has 0 spiro atoms. The quantitative estimate of drug-likeness (QED) is 0.897. The molecule has 0 atom stereocenters. The van der Waals surface area contributed by atoms with Crippen LogP contribution in [0.4, 0.5) is 21.0 Å². The summed E-state index contributed by atoms with van der Waals surface area (Å²) in [6.07, 6.45) is 0.910. The van der Waals surface area contributed by atoms with E-state index in [1.54, 1.807) is 9.80 Å². The second-order valence-corrected chi connectivity index (χ2v) is 6.50. The first kappa shape index (κ1) is 18.8. The Morgan fingerprint density at radius 3 is 1.81 bits per heavy atom. The Hall–Kier alpha value is -3.02. The van der Waals surface area contributed by atoms with Gasteiger partial charge in [-0.05, 0) is 30.7 Å². The van der Waals surface area contributed by atoms with Crippen molar-refractivity contribution in [2.45, 2.75) is 13.3 Å². The molecule has 1 saturated heterocycles. The number of rotatable bonds is 4. The zero-order valence-electron chi connectivity index (χ0n) is 15.7. The van der Waals surface area contributed by atoms with Crippen LogP contribution in [0.2, 0.25) is 0 Å². The number of nitrogens with zero attached hydrogens (tertiary/aromatic N) is 3. The number of piperazine rings is 1. The zero-order chi connectivity index (χ0) is 19.1. The third kappa shape index (κ3) is 4.58. The van der Waals surface area contributed by atoms with Crippen LogP contribution in [0.25, 0.3) is 0 Å². The summed E-state index contributed by atoms with van der Waals surface area (Å²) in [4.78, 5) is 30.7. The van der Waals surface area contributed by atoms with E-state index in [2.05, 4.69) is 5.32 Å². The van der Waals surface area contributed by atoms with Gasteiger partial charge in [-0.3, -0.25) is 4.90 Å². The maximum atomic E-state index is 13.3. The monoisotopic (exact) mass is 366 g/mol. The van der Waals surface area contributed by atoms with E-state index in [1.165, 1.54) is 0 Å². The zero-order valence-corrected chi connectivity index (χ0v) is 15.7. The molecule has 4 amide bonds. The number of anilines is 2. The van der Waals surface area contributed by atoms with Crippen molar-refractivity contribution < 1.29 is 9.59 Å². The normalized spacial score (nSPS) is 14.0. The highest BCUT2D eigenvalue weighted by atomic mass is 16.2. The van der Waals surface area contributed by atoms with E-state index in [1.807, 2.05) is 72.5 Å². The molecule has 1 N–H and O–H groups in total.